The third kappa shape index (κ3) is 9.72. The van der Waals surface area contributed by atoms with Crippen LogP contribution in [0.3, 0.4) is 0 Å². The summed E-state index contributed by atoms with van der Waals surface area (Å²) in [6.07, 6.45) is 29.0. The highest BCUT2D eigenvalue weighted by molar-refractivity contribution is 5.53. The molecular weight excluding hydrogens is 805 g/mol. The summed E-state index contributed by atoms with van der Waals surface area (Å²) in [7, 11) is 0. The van der Waals surface area contributed by atoms with E-state index >= 15 is 0 Å². The van der Waals surface area contributed by atoms with Gasteiger partial charge in [0, 0.05) is 39.3 Å². The molecule has 0 amide bonds. The van der Waals surface area contributed by atoms with E-state index in [0.29, 0.717) is 0 Å². The molecule has 0 aromatic heterocycles. The quantitative estimate of drug-likeness (QED) is 0.0851. The van der Waals surface area contributed by atoms with Crippen LogP contribution < -0.4 is 0 Å². The molecule has 5 aliphatic heterocycles. The lowest BCUT2D eigenvalue weighted by atomic mass is 10.1. The second kappa shape index (κ2) is 21.2. The molecule has 0 atom stereocenters. The summed E-state index contributed by atoms with van der Waals surface area (Å²) in [5.74, 6) is 0. The van der Waals surface area contributed by atoms with Crippen molar-refractivity contribution in [2.24, 2.45) is 0 Å². The molecule has 66 heavy (non-hydrogen) atoms. The van der Waals surface area contributed by atoms with Crippen LogP contribution in [0.1, 0.15) is 33.4 Å². The third-order valence-corrected chi connectivity index (χ3v) is 13.4. The molecule has 0 N–H and O–H groups in total. The lowest BCUT2D eigenvalue weighted by molar-refractivity contribution is -0.142. The molecule has 6 aromatic carbocycles. The highest BCUT2D eigenvalue weighted by Crippen LogP contribution is 2.51. The van der Waals surface area contributed by atoms with E-state index in [1.807, 2.05) is 0 Å². The van der Waals surface area contributed by atoms with Crippen molar-refractivity contribution in [2.75, 3.05) is 39.3 Å². The molecule has 5 fully saturated rings. The van der Waals surface area contributed by atoms with E-state index in [1.54, 1.807) is 0 Å². The molecule has 11 rings (SSSR count). The molecule has 0 unspecified atom stereocenters. The van der Waals surface area contributed by atoms with Crippen molar-refractivity contribution in [3.8, 4) is 0 Å². The van der Waals surface area contributed by atoms with Crippen LogP contribution >= 0.6 is 0 Å². The van der Waals surface area contributed by atoms with Gasteiger partial charge in [-0.2, -0.15) is 0 Å². The van der Waals surface area contributed by atoms with E-state index in [4.69, 9.17) is 0 Å². The first-order valence-electron chi connectivity index (χ1n) is 23.6. The fourth-order valence-corrected chi connectivity index (χ4v) is 10.7. The molecule has 0 spiro atoms. The number of nitrogens with zero attached hydrogens (tertiary/aromatic N) is 6. The average molecular weight is 865 g/mol. The summed E-state index contributed by atoms with van der Waals surface area (Å²) in [5.41, 5.74) is 7.35. The van der Waals surface area contributed by atoms with Gasteiger partial charge in [0.15, 0.2) is 0 Å². The van der Waals surface area contributed by atoms with Gasteiger partial charge in [-0.25, -0.2) is 0 Å². The Morgan fingerprint density at radius 2 is 0.348 bits per heavy atom. The summed E-state index contributed by atoms with van der Waals surface area (Å²) in [6.45, 7) is 4.93. The summed E-state index contributed by atoms with van der Waals surface area (Å²) in [4.78, 5) is 17.1. The van der Waals surface area contributed by atoms with Gasteiger partial charge in [0.25, 0.3) is 0 Å². The van der Waals surface area contributed by atoms with Gasteiger partial charge in [0.2, 0.25) is 0 Å². The van der Waals surface area contributed by atoms with Gasteiger partial charge in [-0.05, 0) is 33.4 Å². The molecule has 5 saturated heterocycles. The lowest BCUT2D eigenvalue weighted by Crippen LogP contribution is -2.74. The van der Waals surface area contributed by atoms with Gasteiger partial charge in [-0.1, -0.05) is 255 Å². The zero-order valence-electron chi connectivity index (χ0n) is 37.6. The standard InChI is InChI=1S/C60H60N6/c1-7-25-49(26-8-1)37-19-43-61-55-56-62(44-20-38-50-27-9-2-10-28-50)59(61)60-63(45-21-39-51-29-11-3-12-30-51)57(65(55)47-23-41-53-33-15-5-16-34-53)58(64(60)46-22-40-52-31-13-4-14-32-52)66(56)48-24-42-54-35-17-6-18-36-54/h1-42,55-60H,43-48H2/b37-19+,38-20+,39-21+,40-22+,41-23+,42-24+. The van der Waals surface area contributed by atoms with Crippen molar-refractivity contribution in [3.05, 3.63) is 252 Å². The molecular formula is C60H60N6. The fraction of sp³-hybridized carbons (Fsp3) is 0.200. The monoisotopic (exact) mass is 864 g/mol. The maximum absolute atomic E-state index is 2.85. The first-order chi connectivity index (χ1) is 32.8. The lowest BCUT2D eigenvalue weighted by Gasteiger charge is -2.55. The van der Waals surface area contributed by atoms with Crippen molar-refractivity contribution < 1.29 is 0 Å². The van der Waals surface area contributed by atoms with Crippen LogP contribution in [-0.4, -0.2) is 106 Å². The molecule has 0 aliphatic carbocycles. The second-order valence-corrected chi connectivity index (χ2v) is 17.5. The first-order valence-corrected chi connectivity index (χ1v) is 23.6. The molecule has 5 heterocycles. The first kappa shape index (κ1) is 43.4. The Kier molecular flexibility index (Phi) is 14.0. The van der Waals surface area contributed by atoms with E-state index < -0.39 is 0 Å². The van der Waals surface area contributed by atoms with Gasteiger partial charge >= 0.3 is 0 Å². The Morgan fingerprint density at radius 3 is 0.485 bits per heavy atom. The Bertz CT molecular complexity index is 2300. The van der Waals surface area contributed by atoms with Crippen molar-refractivity contribution in [1.82, 2.24) is 29.4 Å². The van der Waals surface area contributed by atoms with Crippen molar-refractivity contribution in [2.45, 2.75) is 37.0 Å². The Morgan fingerprint density at radius 1 is 0.212 bits per heavy atom. The van der Waals surface area contributed by atoms with Gasteiger partial charge in [0.05, 0.1) is 37.0 Å². The van der Waals surface area contributed by atoms with Crippen LogP contribution in [0.25, 0.3) is 36.5 Å². The van der Waals surface area contributed by atoms with Gasteiger partial charge in [-0.3, -0.25) is 29.4 Å². The minimum absolute atomic E-state index is 0.0924. The normalized spacial score (nSPS) is 24.0. The van der Waals surface area contributed by atoms with E-state index in [2.05, 4.69) is 284 Å². The van der Waals surface area contributed by atoms with Crippen LogP contribution in [0.5, 0.6) is 0 Å². The maximum Gasteiger partial charge on any atom is 0.0954 e. The minimum atomic E-state index is 0.0924. The van der Waals surface area contributed by atoms with Crippen LogP contribution in [0, 0.1) is 0 Å². The van der Waals surface area contributed by atoms with Gasteiger partial charge in [0.1, 0.15) is 0 Å². The molecule has 330 valence electrons. The van der Waals surface area contributed by atoms with Crippen LogP contribution in [0.4, 0.5) is 0 Å². The van der Waals surface area contributed by atoms with Crippen molar-refractivity contribution in [1.29, 1.82) is 0 Å². The van der Waals surface area contributed by atoms with Crippen molar-refractivity contribution in [3.63, 3.8) is 0 Å². The van der Waals surface area contributed by atoms with Crippen LogP contribution in [0.15, 0.2) is 218 Å². The topological polar surface area (TPSA) is 19.4 Å². The maximum atomic E-state index is 2.85. The molecule has 5 aliphatic rings. The molecule has 6 aromatic rings. The number of benzene rings is 6. The Balaban J connectivity index is 1.12. The SMILES string of the molecule is C(=C\c1ccccc1)/CN1C2C3N(C/C=C/c4ccccc4)C1C1N(C/C=C/c4ccccc4)C(C(N1C/C=C/c1ccccc1)N3C/C=C/c1ccccc1)N2C/C=C/c1ccccc1. The van der Waals surface area contributed by atoms with E-state index in [0.717, 1.165) is 39.3 Å². The van der Waals surface area contributed by atoms with E-state index in [-0.39, 0.29) is 37.0 Å². The summed E-state index contributed by atoms with van der Waals surface area (Å²) in [6, 6.07) is 64.6. The summed E-state index contributed by atoms with van der Waals surface area (Å²) in [5, 5.41) is 0. The predicted molar refractivity (Wildman–Crippen MR) is 276 cm³/mol. The molecule has 6 bridgehead atoms. The largest absolute Gasteiger partial charge is 0.263 e. The van der Waals surface area contributed by atoms with Crippen LogP contribution in [-0.2, 0) is 0 Å². The van der Waals surface area contributed by atoms with Crippen molar-refractivity contribution >= 4 is 36.5 Å². The molecule has 6 heteroatoms. The van der Waals surface area contributed by atoms with E-state index in [9.17, 15) is 0 Å². The number of piperazine rings is 1. The predicted octanol–water partition coefficient (Wildman–Crippen LogP) is 11.1. The Labute approximate surface area is 392 Å². The summed E-state index contributed by atoms with van der Waals surface area (Å²) >= 11 is 0. The average Bonchev–Trinajstić information content (AvgIpc) is 3.80. The minimum Gasteiger partial charge on any atom is -0.263 e. The smallest absolute Gasteiger partial charge is 0.0954 e. The number of hydrogen-bond donors (Lipinski definition) is 0. The highest BCUT2D eigenvalue weighted by Gasteiger charge is 2.70. The van der Waals surface area contributed by atoms with Crippen LogP contribution in [0.2, 0.25) is 0 Å². The fourth-order valence-electron chi connectivity index (χ4n) is 10.7. The molecule has 0 radical (unpaired) electrons. The Hall–Kier alpha value is -6.48. The van der Waals surface area contributed by atoms with Gasteiger partial charge < -0.3 is 0 Å². The third-order valence-electron chi connectivity index (χ3n) is 13.4. The number of rotatable bonds is 18. The van der Waals surface area contributed by atoms with E-state index in [1.165, 1.54) is 33.4 Å². The summed E-state index contributed by atoms with van der Waals surface area (Å²) < 4.78 is 0. The highest BCUT2D eigenvalue weighted by atomic mass is 15.8. The molecule has 0 saturated carbocycles. The number of hydrogen-bond acceptors (Lipinski definition) is 6. The van der Waals surface area contributed by atoms with Gasteiger partial charge in [-0.15, -0.1) is 0 Å². The zero-order chi connectivity index (χ0) is 44.3. The zero-order valence-corrected chi connectivity index (χ0v) is 37.6. The second-order valence-electron chi connectivity index (χ2n) is 17.5. The molecule has 6 nitrogen and oxygen atoms in total.